The predicted molar refractivity (Wildman–Crippen MR) is 88.7 cm³/mol. The molecule has 126 valence electrons. The Morgan fingerprint density at radius 3 is 2.70 bits per heavy atom. The van der Waals surface area contributed by atoms with Crippen molar-refractivity contribution in [3.63, 3.8) is 0 Å². The minimum absolute atomic E-state index is 0.157. The molecule has 2 saturated heterocycles. The summed E-state index contributed by atoms with van der Waals surface area (Å²) in [5.41, 5.74) is 1.02. The first-order chi connectivity index (χ1) is 11.2. The van der Waals surface area contributed by atoms with E-state index in [-0.39, 0.29) is 18.0 Å². The zero-order valence-corrected chi connectivity index (χ0v) is 13.4. The highest BCUT2D eigenvalue weighted by atomic mass is 19.1. The lowest BCUT2D eigenvalue weighted by Gasteiger charge is -2.28. The monoisotopic (exact) mass is 320 g/mol. The highest BCUT2D eigenvalue weighted by Gasteiger charge is 2.32. The van der Waals surface area contributed by atoms with Gasteiger partial charge < -0.3 is 9.84 Å². The maximum Gasteiger partial charge on any atom is 0.123 e. The van der Waals surface area contributed by atoms with Gasteiger partial charge in [-0.3, -0.25) is 9.80 Å². The molecule has 0 spiro atoms. The van der Waals surface area contributed by atoms with Gasteiger partial charge in [0.2, 0.25) is 0 Å². The molecule has 0 bridgehead atoms. The third-order valence-electron chi connectivity index (χ3n) is 4.66. The lowest BCUT2D eigenvalue weighted by Crippen LogP contribution is -2.44. The number of ether oxygens (including phenoxy) is 1. The molecule has 0 unspecified atom stereocenters. The van der Waals surface area contributed by atoms with Crippen LogP contribution in [0.1, 0.15) is 12.0 Å². The summed E-state index contributed by atoms with van der Waals surface area (Å²) in [4.78, 5) is 4.78. The second-order valence-electron chi connectivity index (χ2n) is 6.32. The molecule has 2 aliphatic rings. The maximum absolute atomic E-state index is 12.9. The average Bonchev–Trinajstić information content (AvgIpc) is 2.84. The van der Waals surface area contributed by atoms with E-state index >= 15 is 0 Å². The zero-order chi connectivity index (χ0) is 16.1. The van der Waals surface area contributed by atoms with Crippen LogP contribution in [-0.4, -0.2) is 73.0 Å². The van der Waals surface area contributed by atoms with Crippen LogP contribution in [0.3, 0.4) is 0 Å². The highest BCUT2D eigenvalue weighted by molar-refractivity contribution is 5.48. The van der Waals surface area contributed by atoms with Crippen molar-refractivity contribution in [3.8, 4) is 0 Å². The zero-order valence-electron chi connectivity index (χ0n) is 13.4. The molecule has 2 atom stereocenters. The molecule has 3 rings (SSSR count). The molecule has 2 fully saturated rings. The summed E-state index contributed by atoms with van der Waals surface area (Å²) in [6, 6.07) is 6.70. The van der Waals surface area contributed by atoms with Gasteiger partial charge in [-0.15, -0.1) is 0 Å². The third kappa shape index (κ3) is 4.61. The first-order valence-corrected chi connectivity index (χ1v) is 8.37. The summed E-state index contributed by atoms with van der Waals surface area (Å²) in [6.07, 6.45) is 4.93. The van der Waals surface area contributed by atoms with Gasteiger partial charge in [0.15, 0.2) is 0 Å². The minimum atomic E-state index is -0.347. The van der Waals surface area contributed by atoms with Crippen LogP contribution in [0.5, 0.6) is 0 Å². The van der Waals surface area contributed by atoms with E-state index in [4.69, 9.17) is 4.74 Å². The van der Waals surface area contributed by atoms with Crippen molar-refractivity contribution in [2.24, 2.45) is 0 Å². The highest BCUT2D eigenvalue weighted by Crippen LogP contribution is 2.16. The van der Waals surface area contributed by atoms with Crippen molar-refractivity contribution >= 4 is 6.08 Å². The molecule has 1 aromatic carbocycles. The summed E-state index contributed by atoms with van der Waals surface area (Å²) < 4.78 is 18.2. The Labute approximate surface area is 137 Å². The molecule has 2 heterocycles. The van der Waals surface area contributed by atoms with Crippen molar-refractivity contribution < 1.29 is 14.2 Å². The summed E-state index contributed by atoms with van der Waals surface area (Å²) in [5, 5.41) is 9.97. The average molecular weight is 320 g/mol. The summed E-state index contributed by atoms with van der Waals surface area (Å²) in [6.45, 7) is 6.05. The topological polar surface area (TPSA) is 35.9 Å². The molecule has 0 amide bonds. The summed E-state index contributed by atoms with van der Waals surface area (Å²) in [5.74, 6) is -0.201. The summed E-state index contributed by atoms with van der Waals surface area (Å²) in [7, 11) is 0. The molecule has 1 N–H and O–H groups in total. The van der Waals surface area contributed by atoms with Gasteiger partial charge in [-0.05, 0) is 37.2 Å². The number of hydrogen-bond donors (Lipinski definition) is 1. The Kier molecular flexibility index (Phi) is 5.78. The molecule has 2 aliphatic heterocycles. The fourth-order valence-corrected chi connectivity index (χ4v) is 3.30. The van der Waals surface area contributed by atoms with Gasteiger partial charge in [0.25, 0.3) is 0 Å². The predicted octanol–water partition coefficient (Wildman–Crippen LogP) is 1.61. The van der Waals surface area contributed by atoms with E-state index in [0.29, 0.717) is 13.2 Å². The maximum atomic E-state index is 12.9. The normalized spacial score (nSPS) is 27.6. The number of benzene rings is 1. The lowest BCUT2D eigenvalue weighted by molar-refractivity contribution is 0.0841. The van der Waals surface area contributed by atoms with E-state index in [1.807, 2.05) is 6.08 Å². The van der Waals surface area contributed by atoms with Crippen LogP contribution in [0.2, 0.25) is 0 Å². The number of aliphatic hydroxyl groups excluding tert-OH is 1. The molecule has 0 aromatic heterocycles. The first-order valence-electron chi connectivity index (χ1n) is 8.37. The van der Waals surface area contributed by atoms with E-state index < -0.39 is 0 Å². The molecule has 0 radical (unpaired) electrons. The SMILES string of the molecule is O[C@@H]1COC[C@H]1N1CCCN(C/C=C/c2ccc(F)cc2)CC1. The minimum Gasteiger partial charge on any atom is -0.389 e. The quantitative estimate of drug-likeness (QED) is 0.914. The number of nitrogens with zero attached hydrogens (tertiary/aromatic N) is 2. The van der Waals surface area contributed by atoms with E-state index in [9.17, 15) is 9.50 Å². The second kappa shape index (κ2) is 8.02. The van der Waals surface area contributed by atoms with Crippen LogP contribution >= 0.6 is 0 Å². The van der Waals surface area contributed by atoms with Crippen molar-refractivity contribution in [1.29, 1.82) is 0 Å². The number of aliphatic hydroxyl groups is 1. The van der Waals surface area contributed by atoms with Gasteiger partial charge >= 0.3 is 0 Å². The van der Waals surface area contributed by atoms with Gasteiger partial charge in [-0.2, -0.15) is 0 Å². The van der Waals surface area contributed by atoms with E-state index in [1.165, 1.54) is 12.1 Å². The van der Waals surface area contributed by atoms with Gasteiger partial charge in [0.1, 0.15) is 5.82 Å². The van der Waals surface area contributed by atoms with Crippen LogP contribution in [0.15, 0.2) is 30.3 Å². The molecular weight excluding hydrogens is 295 g/mol. The standard InChI is InChI=1S/C18H25FN2O2/c19-16-6-4-15(5-7-16)3-1-8-20-9-2-10-21(12-11-20)17-13-23-14-18(17)22/h1,3-7,17-18,22H,2,8-14H2/b3-1+/t17-,18-/m1/s1. The molecule has 1 aromatic rings. The Morgan fingerprint density at radius 2 is 1.96 bits per heavy atom. The largest absolute Gasteiger partial charge is 0.389 e. The molecular formula is C18H25FN2O2. The Balaban J connectivity index is 1.47. The van der Waals surface area contributed by atoms with E-state index in [0.717, 1.165) is 44.7 Å². The Morgan fingerprint density at radius 1 is 1.13 bits per heavy atom. The van der Waals surface area contributed by atoms with E-state index in [1.54, 1.807) is 12.1 Å². The fraction of sp³-hybridized carbons (Fsp3) is 0.556. The van der Waals surface area contributed by atoms with Crippen molar-refractivity contribution in [2.75, 3.05) is 45.9 Å². The number of rotatable bonds is 4. The van der Waals surface area contributed by atoms with Crippen molar-refractivity contribution in [3.05, 3.63) is 41.7 Å². The second-order valence-corrected chi connectivity index (χ2v) is 6.32. The van der Waals surface area contributed by atoms with Crippen LogP contribution in [-0.2, 0) is 4.74 Å². The Bertz CT molecular complexity index is 520. The van der Waals surface area contributed by atoms with Gasteiger partial charge in [0.05, 0.1) is 25.4 Å². The Hall–Kier alpha value is -1.27. The molecule has 5 heteroatoms. The van der Waals surface area contributed by atoms with E-state index in [2.05, 4.69) is 15.9 Å². The number of hydrogen-bond acceptors (Lipinski definition) is 4. The third-order valence-corrected chi connectivity index (χ3v) is 4.66. The van der Waals surface area contributed by atoms with Gasteiger partial charge in [-0.25, -0.2) is 4.39 Å². The summed E-state index contributed by atoms with van der Waals surface area (Å²) >= 11 is 0. The molecule has 0 aliphatic carbocycles. The fourth-order valence-electron chi connectivity index (χ4n) is 3.30. The van der Waals surface area contributed by atoms with Crippen LogP contribution in [0.25, 0.3) is 6.08 Å². The number of halogens is 1. The van der Waals surface area contributed by atoms with Crippen LogP contribution in [0, 0.1) is 5.82 Å². The first kappa shape index (κ1) is 16.6. The lowest BCUT2D eigenvalue weighted by atomic mass is 10.2. The van der Waals surface area contributed by atoms with Crippen LogP contribution in [0.4, 0.5) is 4.39 Å². The van der Waals surface area contributed by atoms with Gasteiger partial charge in [-0.1, -0.05) is 24.3 Å². The van der Waals surface area contributed by atoms with Gasteiger partial charge in [0, 0.05) is 19.6 Å². The molecule has 0 saturated carbocycles. The molecule has 23 heavy (non-hydrogen) atoms. The molecule has 4 nitrogen and oxygen atoms in total. The van der Waals surface area contributed by atoms with Crippen LogP contribution < -0.4 is 0 Å². The smallest absolute Gasteiger partial charge is 0.123 e. The van der Waals surface area contributed by atoms with Crippen molar-refractivity contribution in [1.82, 2.24) is 9.80 Å². The van der Waals surface area contributed by atoms with Crippen molar-refractivity contribution in [2.45, 2.75) is 18.6 Å².